The molecule has 3 nitrogen and oxygen atoms in total. The first-order chi connectivity index (χ1) is 4.81. The van der Waals surface area contributed by atoms with E-state index in [1.807, 2.05) is 22.6 Å². The van der Waals surface area contributed by atoms with Crippen LogP contribution in [0, 0.1) is 0 Å². The summed E-state index contributed by atoms with van der Waals surface area (Å²) in [7, 11) is 0. The van der Waals surface area contributed by atoms with Crippen LogP contribution in [0.1, 0.15) is 12.8 Å². The van der Waals surface area contributed by atoms with E-state index in [2.05, 4.69) is 0 Å². The lowest BCUT2D eigenvalue weighted by Crippen LogP contribution is -2.06. The third kappa shape index (κ3) is 6.28. The summed E-state index contributed by atoms with van der Waals surface area (Å²) in [5.41, 5.74) is 0. The first kappa shape index (κ1) is 10.2. The molecule has 0 atom stereocenters. The number of carbonyl (C=O) groups excluding carboxylic acids is 1. The minimum atomic E-state index is -0.182. The van der Waals surface area contributed by atoms with E-state index < -0.39 is 0 Å². The Bertz CT molecular complexity index is 95.0. The quantitative estimate of drug-likeness (QED) is 0.342. The van der Waals surface area contributed by atoms with Crippen molar-refractivity contribution < 1.29 is 14.6 Å². The van der Waals surface area contributed by atoms with Gasteiger partial charge in [-0.15, -0.1) is 0 Å². The van der Waals surface area contributed by atoms with Gasteiger partial charge in [-0.1, -0.05) is 22.6 Å². The monoisotopic (exact) mass is 258 g/mol. The molecule has 0 unspecified atom stereocenters. The van der Waals surface area contributed by atoms with Crippen LogP contribution < -0.4 is 0 Å². The summed E-state index contributed by atoms with van der Waals surface area (Å²) < 4.78 is 5.14. The average Bonchev–Trinajstić information content (AvgIpc) is 1.98. The van der Waals surface area contributed by atoms with Crippen molar-refractivity contribution >= 4 is 28.6 Å². The molecule has 0 aliphatic carbocycles. The second-order valence-corrected chi connectivity index (χ2v) is 2.55. The van der Waals surface area contributed by atoms with Crippen LogP contribution in [0.2, 0.25) is 0 Å². The molecule has 0 aromatic rings. The lowest BCUT2D eigenvalue weighted by atomic mass is 10.3. The van der Waals surface area contributed by atoms with Crippen molar-refractivity contribution in [1.82, 2.24) is 0 Å². The molecule has 0 spiro atoms. The fourth-order valence-electron chi connectivity index (χ4n) is 0.438. The van der Waals surface area contributed by atoms with Crippen molar-refractivity contribution in [2.24, 2.45) is 0 Å². The van der Waals surface area contributed by atoms with Gasteiger partial charge in [0.15, 0.2) is 0 Å². The van der Waals surface area contributed by atoms with Crippen molar-refractivity contribution in [3.63, 3.8) is 0 Å². The van der Waals surface area contributed by atoms with Crippen LogP contribution in [-0.2, 0) is 9.53 Å². The zero-order valence-electron chi connectivity index (χ0n) is 5.68. The molecule has 0 saturated heterocycles. The standard InChI is InChI=1S/C6H11IO3/c7-5-6(9)10-4-2-1-3-8/h8H,1-5H2. The predicted octanol–water partition coefficient (Wildman–Crippen LogP) is 0.737. The highest BCUT2D eigenvalue weighted by atomic mass is 127. The number of alkyl halides is 1. The van der Waals surface area contributed by atoms with Gasteiger partial charge in [-0.05, 0) is 12.8 Å². The van der Waals surface area contributed by atoms with E-state index in [0.29, 0.717) is 17.5 Å². The second kappa shape index (κ2) is 7.27. The summed E-state index contributed by atoms with van der Waals surface area (Å²) in [5.74, 6) is -0.182. The number of aliphatic hydroxyl groups excluding tert-OH is 1. The van der Waals surface area contributed by atoms with E-state index in [0.717, 1.165) is 6.42 Å². The zero-order valence-corrected chi connectivity index (χ0v) is 7.83. The number of unbranched alkanes of at least 4 members (excludes halogenated alkanes) is 1. The van der Waals surface area contributed by atoms with Crippen LogP contribution >= 0.6 is 22.6 Å². The summed E-state index contributed by atoms with van der Waals surface area (Å²) in [4.78, 5) is 10.5. The first-order valence-corrected chi connectivity index (χ1v) is 4.66. The van der Waals surface area contributed by atoms with E-state index in [4.69, 9.17) is 9.84 Å². The zero-order chi connectivity index (χ0) is 7.82. The van der Waals surface area contributed by atoms with Gasteiger partial charge in [0.1, 0.15) is 0 Å². The summed E-state index contributed by atoms with van der Waals surface area (Å²) in [5, 5.41) is 8.35. The summed E-state index contributed by atoms with van der Waals surface area (Å²) in [6.07, 6.45) is 1.45. The Kier molecular flexibility index (Phi) is 7.39. The van der Waals surface area contributed by atoms with Gasteiger partial charge in [0, 0.05) is 6.61 Å². The molecular weight excluding hydrogens is 247 g/mol. The molecule has 4 heteroatoms. The molecular formula is C6H11IO3. The van der Waals surface area contributed by atoms with Gasteiger partial charge in [-0.3, -0.25) is 4.79 Å². The van der Waals surface area contributed by atoms with Crippen LogP contribution in [0.5, 0.6) is 0 Å². The highest BCUT2D eigenvalue weighted by Gasteiger charge is 1.96. The maximum atomic E-state index is 10.5. The number of ether oxygens (including phenoxy) is 1. The Morgan fingerprint density at radius 1 is 1.50 bits per heavy atom. The minimum absolute atomic E-state index is 0.168. The van der Waals surface area contributed by atoms with Crippen molar-refractivity contribution in [3.8, 4) is 0 Å². The Labute approximate surface area is 73.9 Å². The molecule has 10 heavy (non-hydrogen) atoms. The highest BCUT2D eigenvalue weighted by Crippen LogP contribution is 1.91. The third-order valence-electron chi connectivity index (χ3n) is 0.925. The smallest absolute Gasteiger partial charge is 0.315 e. The lowest BCUT2D eigenvalue weighted by Gasteiger charge is -1.99. The van der Waals surface area contributed by atoms with E-state index in [1.54, 1.807) is 0 Å². The molecule has 0 saturated carbocycles. The molecule has 0 heterocycles. The molecule has 0 fully saturated rings. The van der Waals surface area contributed by atoms with Gasteiger partial charge < -0.3 is 9.84 Å². The molecule has 0 aliphatic heterocycles. The first-order valence-electron chi connectivity index (χ1n) is 3.13. The summed E-state index contributed by atoms with van der Waals surface area (Å²) >= 11 is 1.95. The van der Waals surface area contributed by atoms with Crippen molar-refractivity contribution in [2.75, 3.05) is 17.6 Å². The number of halogens is 1. The molecule has 0 rings (SSSR count). The van der Waals surface area contributed by atoms with Gasteiger partial charge in [0.2, 0.25) is 0 Å². The maximum absolute atomic E-state index is 10.5. The maximum Gasteiger partial charge on any atom is 0.315 e. The van der Waals surface area contributed by atoms with Gasteiger partial charge >= 0.3 is 5.97 Å². The Hall–Kier alpha value is 0.160. The van der Waals surface area contributed by atoms with E-state index in [9.17, 15) is 4.79 Å². The van der Waals surface area contributed by atoms with Gasteiger partial charge in [-0.2, -0.15) is 0 Å². The van der Waals surface area contributed by atoms with Crippen LogP contribution in [0.25, 0.3) is 0 Å². The molecule has 0 bridgehead atoms. The molecule has 1 N–H and O–H groups in total. The number of esters is 1. The average molecular weight is 258 g/mol. The Morgan fingerprint density at radius 3 is 2.70 bits per heavy atom. The summed E-state index contributed by atoms with van der Waals surface area (Å²) in [6, 6.07) is 0. The van der Waals surface area contributed by atoms with Gasteiger partial charge in [0.25, 0.3) is 0 Å². The lowest BCUT2D eigenvalue weighted by molar-refractivity contribution is -0.140. The Morgan fingerprint density at radius 2 is 2.20 bits per heavy atom. The molecule has 0 amide bonds. The van der Waals surface area contributed by atoms with E-state index in [1.165, 1.54) is 0 Å². The second-order valence-electron chi connectivity index (χ2n) is 1.78. The van der Waals surface area contributed by atoms with E-state index in [-0.39, 0.29) is 12.6 Å². The SMILES string of the molecule is O=C(CI)OCCCCO. The number of aliphatic hydroxyl groups is 1. The number of carbonyl (C=O) groups is 1. The van der Waals surface area contributed by atoms with Crippen LogP contribution in [0.3, 0.4) is 0 Å². The topological polar surface area (TPSA) is 46.5 Å². The van der Waals surface area contributed by atoms with E-state index >= 15 is 0 Å². The predicted molar refractivity (Wildman–Crippen MR) is 46.2 cm³/mol. The van der Waals surface area contributed by atoms with Gasteiger partial charge in [-0.25, -0.2) is 0 Å². The Balaban J connectivity index is 2.96. The number of hydrogen-bond acceptors (Lipinski definition) is 3. The van der Waals surface area contributed by atoms with Gasteiger partial charge in [0.05, 0.1) is 11.0 Å². The fourth-order valence-corrected chi connectivity index (χ4v) is 0.659. The van der Waals surface area contributed by atoms with Crippen molar-refractivity contribution in [1.29, 1.82) is 0 Å². The van der Waals surface area contributed by atoms with Crippen molar-refractivity contribution in [3.05, 3.63) is 0 Å². The number of rotatable bonds is 5. The van der Waals surface area contributed by atoms with Crippen LogP contribution in [-0.4, -0.2) is 28.7 Å². The van der Waals surface area contributed by atoms with Crippen molar-refractivity contribution in [2.45, 2.75) is 12.8 Å². The summed E-state index contributed by atoms with van der Waals surface area (Å²) in [6.45, 7) is 0.601. The third-order valence-corrected chi connectivity index (χ3v) is 1.55. The molecule has 0 aliphatic rings. The molecule has 0 aromatic carbocycles. The highest BCUT2D eigenvalue weighted by molar-refractivity contribution is 14.1. The largest absolute Gasteiger partial charge is 0.465 e. The normalized spacial score (nSPS) is 9.40. The molecule has 0 aromatic heterocycles. The molecule has 60 valence electrons. The van der Waals surface area contributed by atoms with Crippen LogP contribution in [0.15, 0.2) is 0 Å². The number of hydrogen-bond donors (Lipinski definition) is 1. The fraction of sp³-hybridized carbons (Fsp3) is 0.833. The van der Waals surface area contributed by atoms with Crippen LogP contribution in [0.4, 0.5) is 0 Å². The molecule has 0 radical (unpaired) electrons. The minimum Gasteiger partial charge on any atom is -0.465 e.